The van der Waals surface area contributed by atoms with Gasteiger partial charge in [0.05, 0.1) is 0 Å². The Hall–Kier alpha value is -0.570. The van der Waals surface area contributed by atoms with Gasteiger partial charge in [0.25, 0.3) is 0 Å². The quantitative estimate of drug-likeness (QED) is 0.573. The summed E-state index contributed by atoms with van der Waals surface area (Å²) < 4.78 is 0. The number of aliphatic carboxylic acids is 1. The van der Waals surface area contributed by atoms with Crippen molar-refractivity contribution in [1.82, 2.24) is 5.32 Å². The molecule has 0 aliphatic heterocycles. The van der Waals surface area contributed by atoms with Crippen molar-refractivity contribution >= 4 is 5.97 Å². The van der Waals surface area contributed by atoms with E-state index in [1.165, 1.54) is 12.8 Å². The van der Waals surface area contributed by atoms with Gasteiger partial charge in [-0.2, -0.15) is 0 Å². The maximum atomic E-state index is 10.3. The molecule has 0 radical (unpaired) electrons. The van der Waals surface area contributed by atoms with Crippen molar-refractivity contribution in [2.75, 3.05) is 6.54 Å². The van der Waals surface area contributed by atoms with Crippen molar-refractivity contribution in [3.8, 4) is 0 Å². The Morgan fingerprint density at radius 2 is 2.18 bits per heavy atom. The van der Waals surface area contributed by atoms with Gasteiger partial charge < -0.3 is 10.4 Å². The fourth-order valence-electron chi connectivity index (χ4n) is 0.781. The molecule has 0 spiro atoms. The minimum absolute atomic E-state index is 0.410. The van der Waals surface area contributed by atoms with Crippen LogP contribution < -0.4 is 5.32 Å². The smallest absolute Gasteiger partial charge is 0.320 e. The molecule has 0 bridgehead atoms. The van der Waals surface area contributed by atoms with Gasteiger partial charge in [-0.3, -0.25) is 4.79 Å². The largest absolute Gasteiger partial charge is 0.480 e. The summed E-state index contributed by atoms with van der Waals surface area (Å²) in [6, 6.07) is -0.410. The lowest BCUT2D eigenvalue weighted by molar-refractivity contribution is -0.138. The number of unbranched alkanes of at least 4 members (excludes halogenated alkanes) is 2. The van der Waals surface area contributed by atoms with Gasteiger partial charge in [0.2, 0.25) is 0 Å². The van der Waals surface area contributed by atoms with Crippen LogP contribution in [0.1, 0.15) is 33.1 Å². The van der Waals surface area contributed by atoms with E-state index in [4.69, 9.17) is 5.11 Å². The molecule has 0 aliphatic carbocycles. The number of rotatable bonds is 6. The highest BCUT2D eigenvalue weighted by molar-refractivity contribution is 5.72. The minimum atomic E-state index is -0.776. The maximum Gasteiger partial charge on any atom is 0.320 e. The van der Waals surface area contributed by atoms with E-state index >= 15 is 0 Å². The lowest BCUT2D eigenvalue weighted by atomic mass is 10.2. The highest BCUT2D eigenvalue weighted by Crippen LogP contribution is 1.92. The van der Waals surface area contributed by atoms with Gasteiger partial charge in [0.1, 0.15) is 6.04 Å². The van der Waals surface area contributed by atoms with E-state index in [9.17, 15) is 4.79 Å². The normalized spacial score (nSPS) is 12.9. The predicted molar refractivity (Wildman–Crippen MR) is 44.6 cm³/mol. The molecule has 0 aromatic rings. The van der Waals surface area contributed by atoms with Crippen LogP contribution in [0.15, 0.2) is 0 Å². The van der Waals surface area contributed by atoms with Crippen LogP contribution >= 0.6 is 0 Å². The third-order valence-electron chi connectivity index (χ3n) is 1.60. The van der Waals surface area contributed by atoms with Gasteiger partial charge in [0, 0.05) is 0 Å². The summed E-state index contributed by atoms with van der Waals surface area (Å²) in [4.78, 5) is 10.3. The molecule has 0 saturated carbocycles. The van der Waals surface area contributed by atoms with E-state index in [0.717, 1.165) is 13.0 Å². The molecule has 0 aromatic heterocycles. The van der Waals surface area contributed by atoms with Crippen LogP contribution in [0.4, 0.5) is 0 Å². The van der Waals surface area contributed by atoms with Crippen molar-refractivity contribution < 1.29 is 9.90 Å². The summed E-state index contributed by atoms with van der Waals surface area (Å²) in [5.41, 5.74) is 0. The summed E-state index contributed by atoms with van der Waals surface area (Å²) in [5, 5.41) is 11.4. The van der Waals surface area contributed by atoms with Gasteiger partial charge in [-0.25, -0.2) is 0 Å². The standard InChI is InChI=1S/C8H17NO2/c1-3-4-5-6-9-7(2)8(10)11/h7,9H,3-6H2,1-2H3,(H,10,11)/t7-/m1/s1. The molecule has 0 heterocycles. The molecule has 1 atom stereocenters. The topological polar surface area (TPSA) is 49.3 Å². The molecule has 66 valence electrons. The lowest BCUT2D eigenvalue weighted by Gasteiger charge is -2.07. The number of carboxylic acids is 1. The molecule has 11 heavy (non-hydrogen) atoms. The molecule has 0 aliphatic rings. The van der Waals surface area contributed by atoms with Crippen LogP contribution in [-0.4, -0.2) is 23.7 Å². The average Bonchev–Trinajstić information content (AvgIpc) is 1.97. The summed E-state index contributed by atoms with van der Waals surface area (Å²) >= 11 is 0. The first-order valence-electron chi connectivity index (χ1n) is 4.14. The van der Waals surface area contributed by atoms with Gasteiger partial charge in [0.15, 0.2) is 0 Å². The monoisotopic (exact) mass is 159 g/mol. The molecule has 0 fully saturated rings. The van der Waals surface area contributed by atoms with Crippen LogP contribution in [0.5, 0.6) is 0 Å². The van der Waals surface area contributed by atoms with Crippen LogP contribution in [0.25, 0.3) is 0 Å². The van der Waals surface area contributed by atoms with Crippen molar-refractivity contribution in [3.05, 3.63) is 0 Å². The Kier molecular flexibility index (Phi) is 5.84. The van der Waals surface area contributed by atoms with Crippen LogP contribution in [0.2, 0.25) is 0 Å². The van der Waals surface area contributed by atoms with E-state index < -0.39 is 12.0 Å². The van der Waals surface area contributed by atoms with Crippen molar-refractivity contribution in [1.29, 1.82) is 0 Å². The molecule has 0 amide bonds. The Labute approximate surface area is 67.8 Å². The number of carbonyl (C=O) groups is 1. The summed E-state index contributed by atoms with van der Waals surface area (Å²) in [7, 11) is 0. The summed E-state index contributed by atoms with van der Waals surface area (Å²) in [6.45, 7) is 4.59. The second kappa shape index (κ2) is 6.16. The Morgan fingerprint density at radius 1 is 1.55 bits per heavy atom. The molecule has 0 unspecified atom stereocenters. The summed E-state index contributed by atoms with van der Waals surface area (Å²) in [5.74, 6) is -0.776. The average molecular weight is 159 g/mol. The maximum absolute atomic E-state index is 10.3. The molecule has 0 saturated heterocycles. The van der Waals surface area contributed by atoms with E-state index in [-0.39, 0.29) is 0 Å². The molecule has 2 N–H and O–H groups in total. The second-order valence-corrected chi connectivity index (χ2v) is 2.72. The molecular weight excluding hydrogens is 142 g/mol. The van der Waals surface area contributed by atoms with Crippen LogP contribution in [-0.2, 0) is 4.79 Å². The highest BCUT2D eigenvalue weighted by atomic mass is 16.4. The van der Waals surface area contributed by atoms with Crippen molar-refractivity contribution in [2.24, 2.45) is 0 Å². The first-order chi connectivity index (χ1) is 5.18. The fourth-order valence-corrected chi connectivity index (χ4v) is 0.781. The molecular formula is C8H17NO2. The van der Waals surface area contributed by atoms with Crippen LogP contribution in [0.3, 0.4) is 0 Å². The third-order valence-corrected chi connectivity index (χ3v) is 1.60. The first kappa shape index (κ1) is 10.4. The third kappa shape index (κ3) is 5.85. The lowest BCUT2D eigenvalue weighted by Crippen LogP contribution is -2.34. The molecule has 0 aromatic carbocycles. The van der Waals surface area contributed by atoms with Gasteiger partial charge in [-0.15, -0.1) is 0 Å². The van der Waals surface area contributed by atoms with Gasteiger partial charge >= 0.3 is 5.97 Å². The van der Waals surface area contributed by atoms with E-state index in [2.05, 4.69) is 12.2 Å². The highest BCUT2D eigenvalue weighted by Gasteiger charge is 2.07. The van der Waals surface area contributed by atoms with Crippen LogP contribution in [0, 0.1) is 0 Å². The predicted octanol–water partition coefficient (Wildman–Crippen LogP) is 1.24. The Balaban J connectivity index is 3.17. The summed E-state index contributed by atoms with van der Waals surface area (Å²) in [6.07, 6.45) is 3.40. The SMILES string of the molecule is CCCCCN[C@H](C)C(=O)O. The van der Waals surface area contributed by atoms with E-state index in [0.29, 0.717) is 0 Å². The zero-order valence-corrected chi connectivity index (χ0v) is 7.26. The minimum Gasteiger partial charge on any atom is -0.480 e. The molecule has 0 rings (SSSR count). The first-order valence-corrected chi connectivity index (χ1v) is 4.14. The second-order valence-electron chi connectivity index (χ2n) is 2.72. The Bertz CT molecular complexity index is 115. The zero-order valence-electron chi connectivity index (χ0n) is 7.26. The van der Waals surface area contributed by atoms with E-state index in [1.807, 2.05) is 0 Å². The Morgan fingerprint density at radius 3 is 2.64 bits per heavy atom. The molecule has 3 nitrogen and oxygen atoms in total. The molecule has 3 heteroatoms. The number of hydrogen-bond acceptors (Lipinski definition) is 2. The zero-order chi connectivity index (χ0) is 8.69. The number of nitrogens with one attached hydrogen (secondary N) is 1. The number of carboxylic acid groups (broad SMARTS) is 1. The fraction of sp³-hybridized carbons (Fsp3) is 0.875. The van der Waals surface area contributed by atoms with Gasteiger partial charge in [-0.05, 0) is 19.9 Å². The van der Waals surface area contributed by atoms with Crippen molar-refractivity contribution in [3.63, 3.8) is 0 Å². The van der Waals surface area contributed by atoms with E-state index in [1.54, 1.807) is 6.92 Å². The number of hydrogen-bond donors (Lipinski definition) is 2. The van der Waals surface area contributed by atoms with Crippen molar-refractivity contribution in [2.45, 2.75) is 39.2 Å². The van der Waals surface area contributed by atoms with Gasteiger partial charge in [-0.1, -0.05) is 19.8 Å².